The Kier molecular flexibility index (Phi) is 3.85. The molecule has 0 amide bonds. The van der Waals surface area contributed by atoms with E-state index in [1.807, 2.05) is 12.1 Å². The molecule has 4 nitrogen and oxygen atoms in total. The molecule has 0 N–H and O–H groups in total. The van der Waals surface area contributed by atoms with Crippen molar-refractivity contribution >= 4 is 50.3 Å². The van der Waals surface area contributed by atoms with E-state index in [4.69, 9.17) is 23.2 Å². The van der Waals surface area contributed by atoms with Gasteiger partial charge in [0.2, 0.25) is 0 Å². The molecule has 3 aromatic rings. The van der Waals surface area contributed by atoms with Crippen LogP contribution in [0.2, 0.25) is 5.02 Å². The summed E-state index contributed by atoms with van der Waals surface area (Å²) in [6.45, 7) is 0. The minimum atomic E-state index is 0.203. The number of benzene rings is 1. The predicted octanol–water partition coefficient (Wildman–Crippen LogP) is 4.45. The Morgan fingerprint density at radius 3 is 2.86 bits per heavy atom. The van der Waals surface area contributed by atoms with Crippen LogP contribution in [0.3, 0.4) is 0 Å². The van der Waals surface area contributed by atoms with Crippen molar-refractivity contribution in [1.82, 2.24) is 14.5 Å². The lowest BCUT2D eigenvalue weighted by Crippen LogP contribution is -2.02. The highest BCUT2D eigenvalue weighted by Crippen LogP contribution is 2.26. The molecule has 0 bridgehead atoms. The molecule has 0 unspecified atom stereocenters. The maximum atomic E-state index is 9.34. The number of nitriles is 1. The number of aromatic nitrogens is 3. The van der Waals surface area contributed by atoms with Gasteiger partial charge in [-0.15, -0.1) is 11.6 Å². The fourth-order valence-electron chi connectivity index (χ4n) is 2.12. The highest BCUT2D eigenvalue weighted by Gasteiger charge is 2.16. The molecule has 0 spiro atoms. The Hall–Kier alpha value is -1.61. The highest BCUT2D eigenvalue weighted by molar-refractivity contribution is 9.10. The number of nitrogens with zero attached hydrogens (tertiary/aromatic N) is 4. The van der Waals surface area contributed by atoms with Crippen molar-refractivity contribution in [2.24, 2.45) is 0 Å². The quantitative estimate of drug-likeness (QED) is 0.616. The lowest BCUT2D eigenvalue weighted by atomic mass is 10.2. The van der Waals surface area contributed by atoms with Crippen LogP contribution >= 0.6 is 39.1 Å². The summed E-state index contributed by atoms with van der Waals surface area (Å²) in [6.07, 6.45) is 1.55. The summed E-state index contributed by atoms with van der Waals surface area (Å²) in [5.74, 6) is 0.815. The van der Waals surface area contributed by atoms with Gasteiger partial charge < -0.3 is 0 Å². The van der Waals surface area contributed by atoms with E-state index in [1.165, 1.54) is 0 Å². The molecule has 2 heterocycles. The first kappa shape index (κ1) is 14.3. The number of hydrogen-bond acceptors (Lipinski definition) is 3. The first-order valence-corrected chi connectivity index (χ1v) is 7.63. The number of rotatable bonds is 2. The zero-order valence-electron chi connectivity index (χ0n) is 10.5. The number of pyridine rings is 1. The van der Waals surface area contributed by atoms with Crippen molar-refractivity contribution in [3.8, 4) is 11.8 Å². The van der Waals surface area contributed by atoms with E-state index in [2.05, 4.69) is 32.0 Å². The Bertz CT molecular complexity index is 883. The number of imidazole rings is 1. The van der Waals surface area contributed by atoms with Crippen molar-refractivity contribution in [2.75, 3.05) is 0 Å². The van der Waals surface area contributed by atoms with Gasteiger partial charge in [-0.3, -0.25) is 4.57 Å². The van der Waals surface area contributed by atoms with Crippen LogP contribution in [0, 0.1) is 11.3 Å². The Labute approximate surface area is 139 Å². The summed E-state index contributed by atoms with van der Waals surface area (Å²) >= 11 is 15.3. The van der Waals surface area contributed by atoms with Gasteiger partial charge in [-0.05, 0) is 24.3 Å². The van der Waals surface area contributed by atoms with Gasteiger partial charge in [-0.1, -0.05) is 27.5 Å². The first-order chi connectivity index (χ1) is 10.1. The van der Waals surface area contributed by atoms with E-state index < -0.39 is 0 Å². The minimum absolute atomic E-state index is 0.203. The fraction of sp³-hybridized carbons (Fsp3) is 0.0714. The Morgan fingerprint density at radius 2 is 2.14 bits per heavy atom. The zero-order valence-corrected chi connectivity index (χ0v) is 13.6. The second-order valence-corrected chi connectivity index (χ2v) is 5.89. The molecule has 3 rings (SSSR count). The number of halogens is 3. The molecule has 7 heteroatoms. The smallest absolute Gasteiger partial charge is 0.164 e. The Morgan fingerprint density at radius 1 is 1.33 bits per heavy atom. The van der Waals surface area contributed by atoms with Crippen LogP contribution in [0.1, 0.15) is 11.4 Å². The van der Waals surface area contributed by atoms with Gasteiger partial charge >= 0.3 is 0 Å². The lowest BCUT2D eigenvalue weighted by molar-refractivity contribution is 0.965. The van der Waals surface area contributed by atoms with Crippen molar-refractivity contribution in [3.63, 3.8) is 0 Å². The second kappa shape index (κ2) is 5.64. The van der Waals surface area contributed by atoms with Crippen molar-refractivity contribution < 1.29 is 0 Å². The molecule has 0 atom stereocenters. The molecule has 2 aromatic heterocycles. The van der Waals surface area contributed by atoms with Gasteiger partial charge in [0.25, 0.3) is 0 Å². The van der Waals surface area contributed by atoms with Crippen LogP contribution in [-0.4, -0.2) is 14.5 Å². The van der Waals surface area contributed by atoms with E-state index in [9.17, 15) is 5.26 Å². The standard InChI is InChI=1S/C14H7BrCl2N4/c15-9-1-2-12(8(3-9)6-18)21-13(5-16)20-11-4-10(17)7-19-14(11)21/h1-4,7H,5H2. The summed E-state index contributed by atoms with van der Waals surface area (Å²) in [7, 11) is 0. The summed E-state index contributed by atoms with van der Waals surface area (Å²) in [5, 5.41) is 9.85. The van der Waals surface area contributed by atoms with E-state index in [0.29, 0.717) is 33.3 Å². The molecule has 0 aliphatic rings. The van der Waals surface area contributed by atoms with E-state index >= 15 is 0 Å². The molecule has 0 aliphatic carbocycles. The summed E-state index contributed by atoms with van der Waals surface area (Å²) in [4.78, 5) is 8.74. The Balaban J connectivity index is 2.37. The summed E-state index contributed by atoms with van der Waals surface area (Å²) < 4.78 is 2.61. The third kappa shape index (κ3) is 2.51. The molecule has 0 radical (unpaired) electrons. The third-order valence-electron chi connectivity index (χ3n) is 2.97. The molecule has 0 saturated heterocycles. The minimum Gasteiger partial charge on any atom is -0.278 e. The summed E-state index contributed by atoms with van der Waals surface area (Å²) in [6, 6.07) is 9.33. The van der Waals surface area contributed by atoms with Gasteiger partial charge in [0, 0.05) is 10.7 Å². The molecule has 0 fully saturated rings. The number of fused-ring (bicyclic) bond motifs is 1. The van der Waals surface area contributed by atoms with Gasteiger partial charge in [0.05, 0.1) is 22.2 Å². The van der Waals surface area contributed by atoms with Gasteiger partial charge in [0.15, 0.2) is 5.65 Å². The van der Waals surface area contributed by atoms with Crippen LogP contribution in [0.4, 0.5) is 0 Å². The molecule has 21 heavy (non-hydrogen) atoms. The SMILES string of the molecule is N#Cc1cc(Br)ccc1-n1c(CCl)nc2cc(Cl)cnc21. The topological polar surface area (TPSA) is 54.5 Å². The average molecular weight is 382 g/mol. The maximum absolute atomic E-state index is 9.34. The van der Waals surface area contributed by atoms with Gasteiger partial charge in [0.1, 0.15) is 17.4 Å². The molecule has 104 valence electrons. The first-order valence-electron chi connectivity index (χ1n) is 5.93. The van der Waals surface area contributed by atoms with E-state index in [0.717, 1.165) is 4.47 Å². The maximum Gasteiger partial charge on any atom is 0.164 e. The van der Waals surface area contributed by atoms with Crippen molar-refractivity contribution in [1.29, 1.82) is 5.26 Å². The number of hydrogen-bond donors (Lipinski definition) is 0. The fourth-order valence-corrected chi connectivity index (χ4v) is 2.82. The van der Waals surface area contributed by atoms with Crippen LogP contribution < -0.4 is 0 Å². The van der Waals surface area contributed by atoms with Gasteiger partial charge in [-0.25, -0.2) is 9.97 Å². The van der Waals surface area contributed by atoms with Crippen LogP contribution in [-0.2, 0) is 5.88 Å². The van der Waals surface area contributed by atoms with E-state index in [-0.39, 0.29) is 5.88 Å². The van der Waals surface area contributed by atoms with E-state index in [1.54, 1.807) is 22.9 Å². The highest BCUT2D eigenvalue weighted by atomic mass is 79.9. The lowest BCUT2D eigenvalue weighted by Gasteiger charge is -2.09. The van der Waals surface area contributed by atoms with Crippen LogP contribution in [0.25, 0.3) is 16.9 Å². The predicted molar refractivity (Wildman–Crippen MR) is 85.8 cm³/mol. The molecule has 1 aromatic carbocycles. The van der Waals surface area contributed by atoms with Crippen molar-refractivity contribution in [2.45, 2.75) is 5.88 Å². The second-order valence-electron chi connectivity index (χ2n) is 4.27. The van der Waals surface area contributed by atoms with Crippen LogP contribution in [0.15, 0.2) is 34.9 Å². The molecular formula is C14H7BrCl2N4. The normalized spacial score (nSPS) is 10.8. The van der Waals surface area contributed by atoms with Gasteiger partial charge in [-0.2, -0.15) is 5.26 Å². The molecule has 0 saturated carbocycles. The molecule has 0 aliphatic heterocycles. The van der Waals surface area contributed by atoms with Crippen LogP contribution in [0.5, 0.6) is 0 Å². The summed E-state index contributed by atoms with van der Waals surface area (Å²) in [5.41, 5.74) is 2.46. The largest absolute Gasteiger partial charge is 0.278 e. The monoisotopic (exact) mass is 380 g/mol. The zero-order chi connectivity index (χ0) is 15.0. The third-order valence-corrected chi connectivity index (χ3v) is 3.91. The molecular weight excluding hydrogens is 375 g/mol. The average Bonchev–Trinajstić information content (AvgIpc) is 2.84. The number of alkyl halides is 1. The van der Waals surface area contributed by atoms with Crippen molar-refractivity contribution in [3.05, 3.63) is 51.3 Å².